The molecule has 1 aliphatic rings. The average molecular weight is 248 g/mol. The van der Waals surface area contributed by atoms with Gasteiger partial charge in [0.2, 0.25) is 0 Å². The largest absolute Gasteiger partial charge is 0.294 e. The number of halogens is 1. The molecular formula is C16H21FO. The first-order valence-electron chi connectivity index (χ1n) is 6.71. The van der Waals surface area contributed by atoms with Crippen LogP contribution in [0.25, 0.3) is 0 Å². The van der Waals surface area contributed by atoms with Crippen molar-refractivity contribution in [2.45, 2.75) is 51.9 Å². The molecule has 1 aromatic carbocycles. The SMILES string of the molecule is CC(C)(C)c1ccc(C(=O)CC2CCC2)c(F)c1. The lowest BCUT2D eigenvalue weighted by Crippen LogP contribution is -2.17. The zero-order valence-corrected chi connectivity index (χ0v) is 11.4. The second-order valence-electron chi connectivity index (χ2n) is 6.37. The summed E-state index contributed by atoms with van der Waals surface area (Å²) in [5.74, 6) is 0.0728. The molecule has 2 rings (SSSR count). The molecule has 1 aliphatic carbocycles. The lowest BCUT2D eigenvalue weighted by atomic mass is 9.80. The van der Waals surface area contributed by atoms with Crippen LogP contribution in [0.5, 0.6) is 0 Å². The summed E-state index contributed by atoms with van der Waals surface area (Å²) in [5.41, 5.74) is 1.10. The zero-order valence-electron chi connectivity index (χ0n) is 11.4. The summed E-state index contributed by atoms with van der Waals surface area (Å²) in [4.78, 5) is 12.0. The van der Waals surface area contributed by atoms with Crippen molar-refractivity contribution in [2.75, 3.05) is 0 Å². The molecule has 0 atom stereocenters. The van der Waals surface area contributed by atoms with Crippen LogP contribution in [0.4, 0.5) is 4.39 Å². The van der Waals surface area contributed by atoms with Gasteiger partial charge in [-0.2, -0.15) is 0 Å². The van der Waals surface area contributed by atoms with Crippen LogP contribution >= 0.6 is 0 Å². The van der Waals surface area contributed by atoms with Crippen LogP contribution in [-0.4, -0.2) is 5.78 Å². The van der Waals surface area contributed by atoms with E-state index in [9.17, 15) is 9.18 Å². The Hall–Kier alpha value is -1.18. The molecule has 1 saturated carbocycles. The Labute approximate surface area is 108 Å². The zero-order chi connectivity index (χ0) is 13.3. The number of hydrogen-bond acceptors (Lipinski definition) is 1. The van der Waals surface area contributed by atoms with Gasteiger partial charge in [-0.25, -0.2) is 4.39 Å². The fraction of sp³-hybridized carbons (Fsp3) is 0.562. The highest BCUT2D eigenvalue weighted by Crippen LogP contribution is 2.31. The van der Waals surface area contributed by atoms with E-state index in [-0.39, 0.29) is 22.6 Å². The topological polar surface area (TPSA) is 17.1 Å². The van der Waals surface area contributed by atoms with Gasteiger partial charge >= 0.3 is 0 Å². The molecule has 1 aromatic rings. The van der Waals surface area contributed by atoms with Gasteiger partial charge in [0.05, 0.1) is 5.56 Å². The third-order valence-electron chi connectivity index (χ3n) is 3.83. The first-order valence-corrected chi connectivity index (χ1v) is 6.71. The molecule has 98 valence electrons. The maximum Gasteiger partial charge on any atom is 0.166 e. The predicted octanol–water partition coefficient (Wildman–Crippen LogP) is 4.50. The summed E-state index contributed by atoms with van der Waals surface area (Å²) < 4.78 is 14.0. The number of rotatable bonds is 3. The molecule has 0 aromatic heterocycles. The van der Waals surface area contributed by atoms with E-state index in [4.69, 9.17) is 0 Å². The quantitative estimate of drug-likeness (QED) is 0.720. The number of hydrogen-bond donors (Lipinski definition) is 0. The van der Waals surface area contributed by atoms with E-state index in [1.807, 2.05) is 26.8 Å². The molecule has 2 heteroatoms. The van der Waals surface area contributed by atoms with Gasteiger partial charge in [-0.15, -0.1) is 0 Å². The van der Waals surface area contributed by atoms with Crippen LogP contribution in [0.3, 0.4) is 0 Å². The third-order valence-corrected chi connectivity index (χ3v) is 3.83. The molecule has 0 saturated heterocycles. The first kappa shape index (κ1) is 13.3. The normalized spacial score (nSPS) is 16.4. The van der Waals surface area contributed by atoms with Crippen molar-refractivity contribution in [1.82, 2.24) is 0 Å². The summed E-state index contributed by atoms with van der Waals surface area (Å²) >= 11 is 0. The molecule has 0 spiro atoms. The molecule has 0 heterocycles. The van der Waals surface area contributed by atoms with Crippen LogP contribution in [-0.2, 0) is 5.41 Å². The monoisotopic (exact) mass is 248 g/mol. The van der Waals surface area contributed by atoms with Gasteiger partial charge in [0.15, 0.2) is 5.78 Å². The Bertz CT molecular complexity index is 453. The number of Topliss-reactive ketones (excluding diaryl/α,β-unsaturated/α-hetero) is 1. The van der Waals surface area contributed by atoms with E-state index in [0.717, 1.165) is 18.4 Å². The number of carbonyl (C=O) groups excluding carboxylic acids is 1. The van der Waals surface area contributed by atoms with Gasteiger partial charge in [-0.3, -0.25) is 4.79 Å². The van der Waals surface area contributed by atoms with Crippen molar-refractivity contribution in [3.05, 3.63) is 35.1 Å². The van der Waals surface area contributed by atoms with Gasteiger partial charge < -0.3 is 0 Å². The van der Waals surface area contributed by atoms with Gasteiger partial charge in [-0.1, -0.05) is 46.1 Å². The minimum atomic E-state index is -0.369. The predicted molar refractivity (Wildman–Crippen MR) is 71.4 cm³/mol. The summed E-state index contributed by atoms with van der Waals surface area (Å²) in [6.07, 6.45) is 3.95. The second-order valence-corrected chi connectivity index (χ2v) is 6.37. The highest BCUT2D eigenvalue weighted by molar-refractivity contribution is 5.96. The van der Waals surface area contributed by atoms with Crippen molar-refractivity contribution in [2.24, 2.45) is 5.92 Å². The molecule has 0 N–H and O–H groups in total. The molecule has 18 heavy (non-hydrogen) atoms. The van der Waals surface area contributed by atoms with Crippen LogP contribution in [0.1, 0.15) is 62.4 Å². The smallest absolute Gasteiger partial charge is 0.166 e. The van der Waals surface area contributed by atoms with Gasteiger partial charge in [-0.05, 0) is 29.0 Å². The van der Waals surface area contributed by atoms with Crippen molar-refractivity contribution in [3.8, 4) is 0 Å². The Morgan fingerprint density at radius 2 is 2.00 bits per heavy atom. The average Bonchev–Trinajstić information content (AvgIpc) is 2.21. The Morgan fingerprint density at radius 3 is 2.44 bits per heavy atom. The number of carbonyl (C=O) groups is 1. The van der Waals surface area contributed by atoms with Crippen LogP contribution in [0.2, 0.25) is 0 Å². The van der Waals surface area contributed by atoms with E-state index in [1.54, 1.807) is 6.07 Å². The summed E-state index contributed by atoms with van der Waals surface area (Å²) in [6, 6.07) is 5.03. The highest BCUT2D eigenvalue weighted by Gasteiger charge is 2.23. The van der Waals surface area contributed by atoms with Gasteiger partial charge in [0, 0.05) is 6.42 Å². The van der Waals surface area contributed by atoms with Crippen molar-refractivity contribution >= 4 is 5.78 Å². The van der Waals surface area contributed by atoms with E-state index in [2.05, 4.69) is 0 Å². The van der Waals surface area contributed by atoms with Crippen LogP contribution in [0.15, 0.2) is 18.2 Å². The molecular weight excluding hydrogens is 227 g/mol. The fourth-order valence-corrected chi connectivity index (χ4v) is 2.28. The minimum Gasteiger partial charge on any atom is -0.294 e. The highest BCUT2D eigenvalue weighted by atomic mass is 19.1. The standard InChI is InChI=1S/C16H21FO/c1-16(2,3)12-7-8-13(14(17)10-12)15(18)9-11-5-4-6-11/h7-8,10-11H,4-6,9H2,1-3H3. The number of ketones is 1. The Kier molecular flexibility index (Phi) is 3.56. The molecule has 1 nitrogen and oxygen atoms in total. The number of benzene rings is 1. The van der Waals surface area contributed by atoms with E-state index >= 15 is 0 Å². The maximum absolute atomic E-state index is 14.0. The maximum atomic E-state index is 14.0. The van der Waals surface area contributed by atoms with Gasteiger partial charge in [0.25, 0.3) is 0 Å². The van der Waals surface area contributed by atoms with E-state index in [1.165, 1.54) is 12.5 Å². The Morgan fingerprint density at radius 1 is 1.33 bits per heavy atom. The molecule has 0 unspecified atom stereocenters. The third kappa shape index (κ3) is 2.80. The van der Waals surface area contributed by atoms with Crippen LogP contribution in [0, 0.1) is 11.7 Å². The fourth-order valence-electron chi connectivity index (χ4n) is 2.28. The minimum absolute atomic E-state index is 0.0438. The lowest BCUT2D eigenvalue weighted by molar-refractivity contribution is 0.0932. The molecule has 0 amide bonds. The van der Waals surface area contributed by atoms with E-state index < -0.39 is 0 Å². The Balaban J connectivity index is 2.16. The lowest BCUT2D eigenvalue weighted by Gasteiger charge is -2.24. The van der Waals surface area contributed by atoms with Crippen molar-refractivity contribution in [1.29, 1.82) is 0 Å². The molecule has 0 bridgehead atoms. The second kappa shape index (κ2) is 4.83. The molecule has 1 fully saturated rings. The summed E-state index contributed by atoms with van der Waals surface area (Å²) in [7, 11) is 0. The summed E-state index contributed by atoms with van der Waals surface area (Å²) in [6.45, 7) is 6.12. The van der Waals surface area contributed by atoms with Crippen molar-refractivity contribution in [3.63, 3.8) is 0 Å². The summed E-state index contributed by atoms with van der Waals surface area (Å²) in [5, 5.41) is 0. The van der Waals surface area contributed by atoms with Crippen molar-refractivity contribution < 1.29 is 9.18 Å². The first-order chi connectivity index (χ1) is 8.38. The van der Waals surface area contributed by atoms with E-state index in [0.29, 0.717) is 12.3 Å². The molecule has 0 radical (unpaired) electrons. The molecule has 0 aliphatic heterocycles. The van der Waals surface area contributed by atoms with Gasteiger partial charge in [0.1, 0.15) is 5.82 Å². The van der Waals surface area contributed by atoms with Crippen LogP contribution < -0.4 is 0 Å².